The third-order valence-corrected chi connectivity index (χ3v) is 6.82. The number of benzene rings is 1. The highest BCUT2D eigenvalue weighted by atomic mass is 32.2. The summed E-state index contributed by atoms with van der Waals surface area (Å²) in [5.41, 5.74) is 1.31. The second-order valence-electron chi connectivity index (χ2n) is 6.98. The molecule has 1 aliphatic rings. The van der Waals surface area contributed by atoms with Gasteiger partial charge in [-0.2, -0.15) is 4.31 Å². The van der Waals surface area contributed by atoms with E-state index in [1.54, 1.807) is 32.9 Å². The molecule has 0 unspecified atom stereocenters. The fraction of sp³-hybridized carbons (Fsp3) is 0.400. The number of rotatable bonds is 6. The number of esters is 1. The van der Waals surface area contributed by atoms with Gasteiger partial charge < -0.3 is 14.5 Å². The number of hydrogen-bond donors (Lipinski definition) is 1. The van der Waals surface area contributed by atoms with Crippen LogP contribution in [0.1, 0.15) is 40.3 Å². The number of carbonyl (C=O) groups is 2. The van der Waals surface area contributed by atoms with Crippen molar-refractivity contribution in [2.75, 3.05) is 25.0 Å². The van der Waals surface area contributed by atoms with Gasteiger partial charge in [-0.05, 0) is 51.8 Å². The van der Waals surface area contributed by atoms with Crippen LogP contribution in [-0.2, 0) is 19.6 Å². The van der Waals surface area contributed by atoms with Gasteiger partial charge in [0.05, 0.1) is 4.90 Å². The molecule has 1 fully saturated rings. The van der Waals surface area contributed by atoms with Crippen molar-refractivity contribution in [3.05, 3.63) is 46.9 Å². The first-order valence-corrected chi connectivity index (χ1v) is 10.8. The number of aryl methyl sites for hydroxylation is 2. The van der Waals surface area contributed by atoms with E-state index in [1.807, 2.05) is 0 Å². The van der Waals surface area contributed by atoms with E-state index in [9.17, 15) is 18.0 Å². The Kier molecular flexibility index (Phi) is 6.09. The smallest absolute Gasteiger partial charge is 0.342 e. The molecule has 1 aliphatic heterocycles. The van der Waals surface area contributed by atoms with Crippen molar-refractivity contribution in [3.63, 3.8) is 0 Å². The largest absolute Gasteiger partial charge is 0.465 e. The number of ether oxygens (including phenoxy) is 1. The Labute approximate surface area is 169 Å². The number of nitrogens with zero attached hydrogens (tertiary/aromatic N) is 1. The zero-order chi connectivity index (χ0) is 21.2. The summed E-state index contributed by atoms with van der Waals surface area (Å²) < 4.78 is 37.2. The SMILES string of the molecule is Cc1oc(C)c(C(=O)OCC(=O)Nc2cccc(S(=O)(=O)N3CCCC3)c2)c1C. The predicted molar refractivity (Wildman–Crippen MR) is 106 cm³/mol. The first-order chi connectivity index (χ1) is 13.7. The number of carbonyl (C=O) groups excluding carboxylic acids is 2. The number of sulfonamides is 1. The summed E-state index contributed by atoms with van der Waals surface area (Å²) in [7, 11) is -3.58. The fourth-order valence-corrected chi connectivity index (χ4v) is 4.87. The van der Waals surface area contributed by atoms with Gasteiger partial charge in [-0.3, -0.25) is 4.79 Å². The van der Waals surface area contributed by atoms with Gasteiger partial charge in [0.15, 0.2) is 6.61 Å². The van der Waals surface area contributed by atoms with Crippen LogP contribution in [0.4, 0.5) is 5.69 Å². The van der Waals surface area contributed by atoms with Crippen molar-refractivity contribution < 1.29 is 27.2 Å². The second kappa shape index (κ2) is 8.38. The topological polar surface area (TPSA) is 106 Å². The van der Waals surface area contributed by atoms with Crippen LogP contribution >= 0.6 is 0 Å². The summed E-state index contributed by atoms with van der Waals surface area (Å²) in [5.74, 6) is -0.151. The van der Waals surface area contributed by atoms with Gasteiger partial charge in [0.25, 0.3) is 5.91 Å². The highest BCUT2D eigenvalue weighted by Crippen LogP contribution is 2.23. The van der Waals surface area contributed by atoms with Crippen LogP contribution in [0.5, 0.6) is 0 Å². The number of furan rings is 1. The highest BCUT2D eigenvalue weighted by molar-refractivity contribution is 7.89. The molecule has 8 nitrogen and oxygen atoms in total. The molecule has 1 aromatic carbocycles. The Morgan fingerprint density at radius 1 is 1.14 bits per heavy atom. The molecule has 1 aromatic heterocycles. The van der Waals surface area contributed by atoms with Crippen molar-refractivity contribution >= 4 is 27.6 Å². The molecule has 1 saturated heterocycles. The van der Waals surface area contributed by atoms with Crippen molar-refractivity contribution in [2.45, 2.75) is 38.5 Å². The highest BCUT2D eigenvalue weighted by Gasteiger charge is 2.27. The molecule has 156 valence electrons. The Morgan fingerprint density at radius 2 is 1.83 bits per heavy atom. The molecular weight excluding hydrogens is 396 g/mol. The summed E-state index contributed by atoms with van der Waals surface area (Å²) in [6, 6.07) is 6.04. The molecule has 1 N–H and O–H groups in total. The minimum absolute atomic E-state index is 0.120. The molecular formula is C20H24N2O6S. The van der Waals surface area contributed by atoms with Gasteiger partial charge in [-0.25, -0.2) is 13.2 Å². The quantitative estimate of drug-likeness (QED) is 0.721. The molecule has 0 spiro atoms. The van der Waals surface area contributed by atoms with Crippen LogP contribution in [0.3, 0.4) is 0 Å². The first kappa shape index (κ1) is 21.1. The average Bonchev–Trinajstić information content (AvgIpc) is 3.29. The summed E-state index contributed by atoms with van der Waals surface area (Å²) in [5, 5.41) is 2.56. The van der Waals surface area contributed by atoms with E-state index >= 15 is 0 Å². The molecule has 0 atom stereocenters. The van der Waals surface area contributed by atoms with E-state index in [1.165, 1.54) is 16.4 Å². The second-order valence-corrected chi connectivity index (χ2v) is 8.92. The average molecular weight is 420 g/mol. The third kappa shape index (κ3) is 4.51. The Balaban J connectivity index is 1.63. The predicted octanol–water partition coefficient (Wildman–Crippen LogP) is 2.78. The number of amides is 1. The standard InChI is InChI=1S/C20H24N2O6S/c1-13-14(2)28-15(3)19(13)20(24)27-12-18(23)21-16-7-6-8-17(11-16)29(25,26)22-9-4-5-10-22/h6-8,11H,4-5,9-10,12H2,1-3H3,(H,21,23). The van der Waals surface area contributed by atoms with Crippen LogP contribution in [0.25, 0.3) is 0 Å². The zero-order valence-electron chi connectivity index (χ0n) is 16.6. The summed E-state index contributed by atoms with van der Waals surface area (Å²) in [6.07, 6.45) is 1.69. The molecule has 0 bridgehead atoms. The Bertz CT molecular complexity index is 1040. The zero-order valence-corrected chi connectivity index (χ0v) is 17.5. The molecule has 2 aromatic rings. The summed E-state index contributed by atoms with van der Waals surface area (Å²) in [4.78, 5) is 24.5. The lowest BCUT2D eigenvalue weighted by Gasteiger charge is -2.16. The maximum absolute atomic E-state index is 12.6. The van der Waals surface area contributed by atoms with Gasteiger partial charge in [-0.1, -0.05) is 6.07 Å². The van der Waals surface area contributed by atoms with Gasteiger partial charge >= 0.3 is 5.97 Å². The molecule has 0 saturated carbocycles. The van der Waals surface area contributed by atoms with Crippen LogP contribution in [0, 0.1) is 20.8 Å². The normalized spacial score (nSPS) is 14.7. The monoisotopic (exact) mass is 420 g/mol. The van der Waals surface area contributed by atoms with E-state index < -0.39 is 28.5 Å². The Hall–Kier alpha value is -2.65. The fourth-order valence-electron chi connectivity index (χ4n) is 3.31. The van der Waals surface area contributed by atoms with Crippen molar-refractivity contribution in [1.29, 1.82) is 0 Å². The third-order valence-electron chi connectivity index (χ3n) is 4.92. The number of nitrogens with one attached hydrogen (secondary N) is 1. The lowest BCUT2D eigenvalue weighted by molar-refractivity contribution is -0.119. The lowest BCUT2D eigenvalue weighted by Crippen LogP contribution is -2.28. The summed E-state index contributed by atoms with van der Waals surface area (Å²) in [6.45, 7) is 5.65. The molecule has 9 heteroatoms. The molecule has 2 heterocycles. The van der Waals surface area contributed by atoms with Crippen molar-refractivity contribution in [3.8, 4) is 0 Å². The number of anilines is 1. The maximum atomic E-state index is 12.6. The minimum Gasteiger partial charge on any atom is -0.465 e. The molecule has 29 heavy (non-hydrogen) atoms. The summed E-state index contributed by atoms with van der Waals surface area (Å²) >= 11 is 0. The maximum Gasteiger partial charge on any atom is 0.342 e. The van der Waals surface area contributed by atoms with E-state index in [-0.39, 0.29) is 4.90 Å². The number of hydrogen-bond acceptors (Lipinski definition) is 6. The molecule has 0 radical (unpaired) electrons. The van der Waals surface area contributed by atoms with E-state index in [0.717, 1.165) is 12.8 Å². The van der Waals surface area contributed by atoms with Crippen LogP contribution in [0.2, 0.25) is 0 Å². The molecule has 1 amide bonds. The van der Waals surface area contributed by atoms with Crippen LogP contribution in [0.15, 0.2) is 33.6 Å². The van der Waals surface area contributed by atoms with E-state index in [4.69, 9.17) is 9.15 Å². The van der Waals surface area contributed by atoms with Crippen molar-refractivity contribution in [2.24, 2.45) is 0 Å². The van der Waals surface area contributed by atoms with E-state index in [0.29, 0.717) is 41.4 Å². The van der Waals surface area contributed by atoms with Crippen LogP contribution < -0.4 is 5.32 Å². The molecule has 0 aliphatic carbocycles. The van der Waals surface area contributed by atoms with Crippen molar-refractivity contribution in [1.82, 2.24) is 4.31 Å². The van der Waals surface area contributed by atoms with Gasteiger partial charge in [0, 0.05) is 24.3 Å². The lowest BCUT2D eigenvalue weighted by atomic mass is 10.1. The van der Waals surface area contributed by atoms with Crippen LogP contribution in [-0.4, -0.2) is 44.3 Å². The minimum atomic E-state index is -3.58. The first-order valence-electron chi connectivity index (χ1n) is 9.34. The van der Waals surface area contributed by atoms with E-state index in [2.05, 4.69) is 5.32 Å². The van der Waals surface area contributed by atoms with Gasteiger partial charge in [0.1, 0.15) is 17.1 Å². The van der Waals surface area contributed by atoms with Gasteiger partial charge in [0.2, 0.25) is 10.0 Å². The van der Waals surface area contributed by atoms with Gasteiger partial charge in [-0.15, -0.1) is 0 Å². The Morgan fingerprint density at radius 3 is 2.45 bits per heavy atom. The molecule has 3 rings (SSSR count).